The first-order chi connectivity index (χ1) is 5.83. The second kappa shape index (κ2) is 4.90. The van der Waals surface area contributed by atoms with Crippen LogP contribution >= 0.6 is 0 Å². The summed E-state index contributed by atoms with van der Waals surface area (Å²) in [5.74, 6) is -0.427. The van der Waals surface area contributed by atoms with Crippen LogP contribution < -0.4 is 0 Å². The summed E-state index contributed by atoms with van der Waals surface area (Å²) in [7, 11) is 0. The number of esters is 1. The zero-order valence-corrected chi connectivity index (χ0v) is 6.82. The Bertz CT molecular complexity index is 160. The fourth-order valence-electron chi connectivity index (χ4n) is 0.867. The average Bonchev–Trinajstić information content (AvgIpc) is 2.16. The zero-order valence-electron chi connectivity index (χ0n) is 6.82. The van der Waals surface area contributed by atoms with Gasteiger partial charge < -0.3 is 14.2 Å². The monoisotopic (exact) mass is 172 g/mol. The quantitative estimate of drug-likeness (QED) is 0.448. The molecule has 68 valence electrons. The number of carbonyl (C=O) groups is 1. The fraction of sp³-hybridized carbons (Fsp3) is 0.625. The van der Waals surface area contributed by atoms with Crippen molar-refractivity contribution in [1.82, 2.24) is 0 Å². The highest BCUT2D eigenvalue weighted by molar-refractivity contribution is 5.81. The van der Waals surface area contributed by atoms with Gasteiger partial charge in [-0.1, -0.05) is 6.58 Å². The van der Waals surface area contributed by atoms with Crippen LogP contribution in [0.15, 0.2) is 12.7 Å². The zero-order chi connectivity index (χ0) is 8.81. The Morgan fingerprint density at radius 2 is 2.50 bits per heavy atom. The van der Waals surface area contributed by atoms with E-state index in [4.69, 9.17) is 14.2 Å². The molecule has 0 aromatic rings. The maximum Gasteiger partial charge on any atom is 0.330 e. The number of hydrogen-bond donors (Lipinski definition) is 0. The lowest BCUT2D eigenvalue weighted by atomic mass is 10.4. The van der Waals surface area contributed by atoms with E-state index in [2.05, 4.69) is 6.58 Å². The third-order valence-corrected chi connectivity index (χ3v) is 1.46. The fourth-order valence-corrected chi connectivity index (χ4v) is 0.867. The van der Waals surface area contributed by atoms with Crippen molar-refractivity contribution in [3.8, 4) is 0 Å². The van der Waals surface area contributed by atoms with Crippen molar-refractivity contribution in [2.45, 2.75) is 6.10 Å². The van der Waals surface area contributed by atoms with Crippen LogP contribution in [0.3, 0.4) is 0 Å². The molecule has 1 saturated heterocycles. The van der Waals surface area contributed by atoms with Gasteiger partial charge in [0, 0.05) is 6.08 Å². The Balaban J connectivity index is 2.12. The van der Waals surface area contributed by atoms with E-state index in [0.717, 1.165) is 6.08 Å². The van der Waals surface area contributed by atoms with E-state index in [1.807, 2.05) is 0 Å². The molecule has 0 bridgehead atoms. The summed E-state index contributed by atoms with van der Waals surface area (Å²) >= 11 is 0. The van der Waals surface area contributed by atoms with E-state index in [9.17, 15) is 4.79 Å². The molecule has 4 heteroatoms. The van der Waals surface area contributed by atoms with Gasteiger partial charge in [-0.25, -0.2) is 4.79 Å². The van der Waals surface area contributed by atoms with Gasteiger partial charge in [-0.15, -0.1) is 0 Å². The van der Waals surface area contributed by atoms with E-state index in [0.29, 0.717) is 19.8 Å². The van der Waals surface area contributed by atoms with Crippen LogP contribution in [0.2, 0.25) is 0 Å². The summed E-state index contributed by atoms with van der Waals surface area (Å²) in [6.45, 7) is 5.19. The molecule has 12 heavy (non-hydrogen) atoms. The van der Waals surface area contributed by atoms with Crippen molar-refractivity contribution in [2.75, 3.05) is 26.4 Å². The molecule has 1 aliphatic rings. The smallest absolute Gasteiger partial charge is 0.330 e. The summed E-state index contributed by atoms with van der Waals surface area (Å²) < 4.78 is 15.1. The number of carbonyl (C=O) groups excluding carboxylic acids is 1. The predicted octanol–water partition coefficient (Wildman–Crippen LogP) is 0.131. The van der Waals surface area contributed by atoms with Crippen molar-refractivity contribution in [3.05, 3.63) is 12.7 Å². The lowest BCUT2D eigenvalue weighted by Gasteiger charge is -2.22. The molecule has 1 rings (SSSR count). The highest BCUT2D eigenvalue weighted by atomic mass is 16.6. The van der Waals surface area contributed by atoms with E-state index in [1.165, 1.54) is 0 Å². The van der Waals surface area contributed by atoms with E-state index in [1.54, 1.807) is 0 Å². The molecular formula is C8H12O4. The summed E-state index contributed by atoms with van der Waals surface area (Å²) in [6.07, 6.45) is 1.01. The minimum absolute atomic E-state index is 0.123. The van der Waals surface area contributed by atoms with Gasteiger partial charge in [0.25, 0.3) is 0 Å². The minimum Gasteiger partial charge on any atom is -0.460 e. The Kier molecular flexibility index (Phi) is 3.76. The third kappa shape index (κ3) is 3.02. The number of rotatable bonds is 3. The van der Waals surface area contributed by atoms with Crippen LogP contribution in [0.1, 0.15) is 0 Å². The number of hydrogen-bond acceptors (Lipinski definition) is 4. The first-order valence-electron chi connectivity index (χ1n) is 3.81. The van der Waals surface area contributed by atoms with Crippen LogP contribution in [-0.2, 0) is 19.0 Å². The van der Waals surface area contributed by atoms with Crippen LogP contribution in [-0.4, -0.2) is 38.5 Å². The summed E-state index contributed by atoms with van der Waals surface area (Å²) in [5, 5.41) is 0. The Morgan fingerprint density at radius 1 is 1.67 bits per heavy atom. The second-order valence-electron chi connectivity index (χ2n) is 2.40. The Morgan fingerprint density at radius 3 is 3.08 bits per heavy atom. The van der Waals surface area contributed by atoms with E-state index in [-0.39, 0.29) is 12.7 Å². The maximum atomic E-state index is 10.6. The molecule has 1 aliphatic heterocycles. The molecule has 0 saturated carbocycles. The third-order valence-electron chi connectivity index (χ3n) is 1.46. The van der Waals surface area contributed by atoms with Gasteiger partial charge in [0.15, 0.2) is 0 Å². The van der Waals surface area contributed by atoms with Crippen molar-refractivity contribution < 1.29 is 19.0 Å². The van der Waals surface area contributed by atoms with Crippen LogP contribution in [0.5, 0.6) is 0 Å². The van der Waals surface area contributed by atoms with Crippen molar-refractivity contribution in [2.24, 2.45) is 0 Å². The first-order valence-corrected chi connectivity index (χ1v) is 3.81. The molecule has 4 nitrogen and oxygen atoms in total. The molecule has 1 atom stereocenters. The van der Waals surface area contributed by atoms with Crippen LogP contribution in [0.25, 0.3) is 0 Å². The van der Waals surface area contributed by atoms with Crippen molar-refractivity contribution in [1.29, 1.82) is 0 Å². The first kappa shape index (κ1) is 9.22. The maximum absolute atomic E-state index is 10.6. The van der Waals surface area contributed by atoms with Crippen molar-refractivity contribution >= 4 is 5.97 Å². The molecule has 0 N–H and O–H groups in total. The molecule has 1 unspecified atom stereocenters. The molecule has 1 heterocycles. The molecule has 1 fully saturated rings. The van der Waals surface area contributed by atoms with Gasteiger partial charge in [-0.3, -0.25) is 0 Å². The Hall–Kier alpha value is -0.870. The van der Waals surface area contributed by atoms with Crippen molar-refractivity contribution in [3.63, 3.8) is 0 Å². The SMILES string of the molecule is C=CC(=O)OCC1COCCO1. The minimum atomic E-state index is -0.427. The van der Waals surface area contributed by atoms with E-state index < -0.39 is 5.97 Å². The van der Waals surface area contributed by atoms with Gasteiger partial charge in [-0.2, -0.15) is 0 Å². The standard InChI is InChI=1S/C8H12O4/c1-2-8(9)12-6-7-5-10-3-4-11-7/h2,7H,1,3-6H2. The highest BCUT2D eigenvalue weighted by Crippen LogP contribution is 2.00. The molecule has 0 aromatic carbocycles. The van der Waals surface area contributed by atoms with Gasteiger partial charge >= 0.3 is 5.97 Å². The summed E-state index contributed by atoms with van der Waals surface area (Å²) in [5.41, 5.74) is 0. The lowest BCUT2D eigenvalue weighted by molar-refractivity contribution is -0.150. The summed E-state index contributed by atoms with van der Waals surface area (Å²) in [6, 6.07) is 0. The van der Waals surface area contributed by atoms with Gasteiger partial charge in [0.1, 0.15) is 12.7 Å². The molecule has 0 amide bonds. The lowest BCUT2D eigenvalue weighted by Crippen LogP contribution is -2.33. The normalized spacial score (nSPS) is 23.2. The van der Waals surface area contributed by atoms with Crippen LogP contribution in [0.4, 0.5) is 0 Å². The second-order valence-corrected chi connectivity index (χ2v) is 2.40. The predicted molar refractivity (Wildman–Crippen MR) is 41.7 cm³/mol. The molecule has 0 spiro atoms. The van der Waals surface area contributed by atoms with Gasteiger partial charge in [0.05, 0.1) is 19.8 Å². The topological polar surface area (TPSA) is 44.8 Å². The molecule has 0 aromatic heterocycles. The number of ether oxygens (including phenoxy) is 3. The molecular weight excluding hydrogens is 160 g/mol. The van der Waals surface area contributed by atoms with E-state index >= 15 is 0 Å². The van der Waals surface area contributed by atoms with Crippen LogP contribution in [0, 0.1) is 0 Å². The van der Waals surface area contributed by atoms with Gasteiger partial charge in [0.2, 0.25) is 0 Å². The largest absolute Gasteiger partial charge is 0.460 e. The Labute approximate surface area is 71.1 Å². The van der Waals surface area contributed by atoms with Gasteiger partial charge in [-0.05, 0) is 0 Å². The molecule has 0 radical (unpaired) electrons. The summed E-state index contributed by atoms with van der Waals surface area (Å²) in [4.78, 5) is 10.6. The molecule has 0 aliphatic carbocycles. The highest BCUT2D eigenvalue weighted by Gasteiger charge is 2.15. The average molecular weight is 172 g/mol.